The number of rotatable bonds is 6. The van der Waals surface area contributed by atoms with Crippen LogP contribution in [0.25, 0.3) is 11.4 Å². The van der Waals surface area contributed by atoms with Crippen molar-refractivity contribution in [3.63, 3.8) is 0 Å². The Labute approximate surface area is 119 Å². The first-order valence-corrected chi connectivity index (χ1v) is 7.69. The fourth-order valence-electron chi connectivity index (χ4n) is 1.74. The first kappa shape index (κ1) is 14.4. The molecule has 1 heterocycles. The molecule has 108 valence electrons. The summed E-state index contributed by atoms with van der Waals surface area (Å²) < 4.78 is 18.3. The lowest BCUT2D eigenvalue weighted by Gasteiger charge is -2.08. The average Bonchev–Trinajstić information content (AvgIpc) is 2.93. The van der Waals surface area contributed by atoms with E-state index in [1.165, 1.54) is 0 Å². The fraction of sp³-hybridized carbons (Fsp3) is 0.417. The second kappa shape index (κ2) is 6.47. The summed E-state index contributed by atoms with van der Waals surface area (Å²) in [5, 5.41) is 11.6. The van der Waals surface area contributed by atoms with Crippen LogP contribution in [0, 0.1) is 0 Å². The summed E-state index contributed by atoms with van der Waals surface area (Å²) in [6.45, 7) is 2.37. The van der Waals surface area contributed by atoms with Crippen LogP contribution in [-0.4, -0.2) is 43.0 Å². The van der Waals surface area contributed by atoms with Crippen LogP contribution in [0.2, 0.25) is 0 Å². The second-order valence-electron chi connectivity index (χ2n) is 4.11. The minimum absolute atomic E-state index is 0.486. The van der Waals surface area contributed by atoms with Crippen molar-refractivity contribution in [2.24, 2.45) is 0 Å². The van der Waals surface area contributed by atoms with Crippen molar-refractivity contribution in [2.45, 2.75) is 13.5 Å². The third-order valence-electron chi connectivity index (χ3n) is 2.89. The molecule has 2 N–H and O–H groups in total. The predicted molar refractivity (Wildman–Crippen MR) is 77.8 cm³/mol. The van der Waals surface area contributed by atoms with Gasteiger partial charge in [-0.2, -0.15) is 0 Å². The van der Waals surface area contributed by atoms with Gasteiger partial charge in [0, 0.05) is 33.6 Å². The number of hydrogen-bond acceptors (Lipinski definition) is 6. The van der Waals surface area contributed by atoms with Gasteiger partial charge in [0.15, 0.2) is 5.82 Å². The van der Waals surface area contributed by atoms with Gasteiger partial charge in [0.1, 0.15) is 5.75 Å². The standard InChI is InChI=1S/C12H17N5O2S/c1-3-20(18)7-6-17-12(14-15-16-17)10-8-9(19-2)4-5-11(10)13/h4-5,8H,3,6-7,13H2,1-2H3. The van der Waals surface area contributed by atoms with Crippen molar-refractivity contribution in [1.29, 1.82) is 0 Å². The van der Waals surface area contributed by atoms with Gasteiger partial charge in [0.25, 0.3) is 0 Å². The zero-order chi connectivity index (χ0) is 14.5. The van der Waals surface area contributed by atoms with Crippen LogP contribution < -0.4 is 10.5 Å². The van der Waals surface area contributed by atoms with Gasteiger partial charge in [0.05, 0.1) is 13.7 Å². The number of nitrogens with two attached hydrogens (primary N) is 1. The third kappa shape index (κ3) is 3.13. The van der Waals surface area contributed by atoms with Crippen LogP contribution in [-0.2, 0) is 17.3 Å². The number of aryl methyl sites for hydroxylation is 1. The Hall–Kier alpha value is -1.96. The predicted octanol–water partition coefficient (Wildman–Crippen LogP) is 0.699. The van der Waals surface area contributed by atoms with Crippen LogP contribution in [0.1, 0.15) is 6.92 Å². The summed E-state index contributed by atoms with van der Waals surface area (Å²) in [4.78, 5) is 0. The van der Waals surface area contributed by atoms with Crippen molar-refractivity contribution in [3.8, 4) is 17.1 Å². The Bertz CT molecular complexity index is 614. The fourth-order valence-corrected chi connectivity index (χ4v) is 2.40. The van der Waals surface area contributed by atoms with Crippen molar-refractivity contribution in [2.75, 3.05) is 24.3 Å². The quantitative estimate of drug-likeness (QED) is 0.788. The monoisotopic (exact) mass is 295 g/mol. The molecule has 0 bridgehead atoms. The molecule has 1 unspecified atom stereocenters. The van der Waals surface area contributed by atoms with Crippen LogP contribution in [0.15, 0.2) is 18.2 Å². The molecule has 1 aromatic carbocycles. The van der Waals surface area contributed by atoms with Crippen molar-refractivity contribution >= 4 is 16.5 Å². The van der Waals surface area contributed by atoms with Gasteiger partial charge in [-0.1, -0.05) is 6.92 Å². The molecule has 2 aromatic rings. The molecule has 0 radical (unpaired) electrons. The molecule has 0 saturated heterocycles. The summed E-state index contributed by atoms with van der Waals surface area (Å²) >= 11 is 0. The molecule has 1 atom stereocenters. The number of anilines is 1. The van der Waals surface area contributed by atoms with Gasteiger partial charge < -0.3 is 10.5 Å². The SMILES string of the molecule is CCS(=O)CCn1nnnc1-c1cc(OC)ccc1N. The molecule has 8 heteroatoms. The molecule has 1 aromatic heterocycles. The third-order valence-corrected chi connectivity index (χ3v) is 4.17. The highest BCUT2D eigenvalue weighted by molar-refractivity contribution is 7.84. The zero-order valence-electron chi connectivity index (χ0n) is 11.4. The van der Waals surface area contributed by atoms with E-state index in [2.05, 4.69) is 15.5 Å². The molecule has 20 heavy (non-hydrogen) atoms. The van der Waals surface area contributed by atoms with Crippen LogP contribution in [0.4, 0.5) is 5.69 Å². The number of nitrogens with zero attached hydrogens (tertiary/aromatic N) is 4. The topological polar surface area (TPSA) is 95.9 Å². The second-order valence-corrected chi connectivity index (χ2v) is 5.98. The van der Waals surface area contributed by atoms with E-state index in [1.807, 2.05) is 6.92 Å². The summed E-state index contributed by atoms with van der Waals surface area (Å²) in [7, 11) is 0.726. The maximum Gasteiger partial charge on any atom is 0.184 e. The zero-order valence-corrected chi connectivity index (χ0v) is 12.3. The first-order valence-electron chi connectivity index (χ1n) is 6.20. The highest BCUT2D eigenvalue weighted by Crippen LogP contribution is 2.27. The molecule has 0 saturated carbocycles. The van der Waals surface area contributed by atoms with Crippen LogP contribution in [0.5, 0.6) is 5.75 Å². The molecule has 2 rings (SSSR count). The number of methoxy groups -OCH3 is 1. The molecule has 0 aliphatic rings. The van der Waals surface area contributed by atoms with Crippen molar-refractivity contribution in [1.82, 2.24) is 20.2 Å². The molecule has 0 aliphatic heterocycles. The molecular formula is C12H17N5O2S. The number of benzene rings is 1. The maximum absolute atomic E-state index is 11.5. The Balaban J connectivity index is 2.29. The Morgan fingerprint density at radius 2 is 2.25 bits per heavy atom. The Morgan fingerprint density at radius 3 is 2.95 bits per heavy atom. The summed E-state index contributed by atoms with van der Waals surface area (Å²) in [6, 6.07) is 5.31. The van der Waals surface area contributed by atoms with E-state index in [-0.39, 0.29) is 0 Å². The lowest BCUT2D eigenvalue weighted by molar-refractivity contribution is 0.415. The van der Waals surface area contributed by atoms with E-state index >= 15 is 0 Å². The lowest BCUT2D eigenvalue weighted by Crippen LogP contribution is -2.12. The van der Waals surface area contributed by atoms with Crippen molar-refractivity contribution < 1.29 is 8.95 Å². The highest BCUT2D eigenvalue weighted by atomic mass is 32.2. The number of nitrogen functional groups attached to an aromatic ring is 1. The minimum Gasteiger partial charge on any atom is -0.497 e. The van der Waals surface area contributed by atoms with Gasteiger partial charge in [-0.3, -0.25) is 4.21 Å². The maximum atomic E-state index is 11.5. The first-order chi connectivity index (χ1) is 9.65. The van der Waals surface area contributed by atoms with Crippen molar-refractivity contribution in [3.05, 3.63) is 18.2 Å². The largest absolute Gasteiger partial charge is 0.497 e. The number of ether oxygens (including phenoxy) is 1. The van der Waals surface area contributed by atoms with E-state index in [9.17, 15) is 4.21 Å². The van der Waals surface area contributed by atoms with E-state index < -0.39 is 10.8 Å². The van der Waals surface area contributed by atoms with E-state index in [0.717, 1.165) is 0 Å². The Kier molecular flexibility index (Phi) is 4.67. The van der Waals surface area contributed by atoms with E-state index in [4.69, 9.17) is 10.5 Å². The summed E-state index contributed by atoms with van der Waals surface area (Å²) in [5.74, 6) is 2.37. The van der Waals surface area contributed by atoms with E-state index in [0.29, 0.717) is 40.9 Å². The molecule has 0 spiro atoms. The molecule has 7 nitrogen and oxygen atoms in total. The minimum atomic E-state index is -0.860. The van der Waals surface area contributed by atoms with Gasteiger partial charge >= 0.3 is 0 Å². The number of tetrazole rings is 1. The van der Waals surface area contributed by atoms with Gasteiger partial charge in [-0.15, -0.1) is 5.10 Å². The number of hydrogen-bond donors (Lipinski definition) is 1. The molecule has 0 fully saturated rings. The molecular weight excluding hydrogens is 278 g/mol. The highest BCUT2D eigenvalue weighted by Gasteiger charge is 2.13. The molecule has 0 aliphatic carbocycles. The smallest absolute Gasteiger partial charge is 0.184 e. The number of aromatic nitrogens is 4. The van der Waals surface area contributed by atoms with Gasteiger partial charge in [-0.05, 0) is 28.6 Å². The van der Waals surface area contributed by atoms with Gasteiger partial charge in [-0.25, -0.2) is 4.68 Å². The van der Waals surface area contributed by atoms with Crippen LogP contribution >= 0.6 is 0 Å². The normalized spacial score (nSPS) is 12.3. The summed E-state index contributed by atoms with van der Waals surface area (Å²) in [5.41, 5.74) is 7.24. The average molecular weight is 295 g/mol. The van der Waals surface area contributed by atoms with E-state index in [1.54, 1.807) is 30.0 Å². The van der Waals surface area contributed by atoms with Crippen LogP contribution in [0.3, 0.4) is 0 Å². The summed E-state index contributed by atoms with van der Waals surface area (Å²) in [6.07, 6.45) is 0. The molecule has 0 amide bonds. The lowest BCUT2D eigenvalue weighted by atomic mass is 10.1. The Morgan fingerprint density at radius 1 is 1.45 bits per heavy atom. The van der Waals surface area contributed by atoms with Gasteiger partial charge in [0.2, 0.25) is 0 Å².